The molecule has 2 aromatic rings. The predicted octanol–water partition coefficient (Wildman–Crippen LogP) is 3.64. The van der Waals surface area contributed by atoms with Crippen LogP contribution in [0.1, 0.15) is 57.4 Å². The molecule has 0 aliphatic heterocycles. The number of aliphatic carboxylic acids is 2. The molecule has 1 saturated carbocycles. The van der Waals surface area contributed by atoms with E-state index in [4.69, 9.17) is 5.73 Å². The zero-order valence-corrected chi connectivity index (χ0v) is 23.7. The van der Waals surface area contributed by atoms with Crippen LogP contribution >= 0.6 is 0 Å². The van der Waals surface area contributed by atoms with Gasteiger partial charge in [0.05, 0.1) is 11.5 Å². The van der Waals surface area contributed by atoms with Gasteiger partial charge >= 0.3 is 18.0 Å². The number of carbonyl (C=O) groups excluding carboxylic acids is 2. The van der Waals surface area contributed by atoms with Gasteiger partial charge in [-0.15, -0.1) is 0 Å². The summed E-state index contributed by atoms with van der Waals surface area (Å²) in [5.74, 6) is -3.81. The predicted molar refractivity (Wildman–Crippen MR) is 156 cm³/mol. The van der Waals surface area contributed by atoms with Crippen LogP contribution in [0, 0.1) is 5.92 Å². The van der Waals surface area contributed by atoms with E-state index in [-0.39, 0.29) is 32.0 Å². The first-order valence-electron chi connectivity index (χ1n) is 14.4. The van der Waals surface area contributed by atoms with E-state index in [0.717, 1.165) is 42.4 Å². The van der Waals surface area contributed by atoms with Crippen molar-refractivity contribution in [3.63, 3.8) is 0 Å². The average Bonchev–Trinajstić information content (AvgIpc) is 2.97. The summed E-state index contributed by atoms with van der Waals surface area (Å²) in [5.41, 5.74) is 8.04. The number of nitrogens with two attached hydrogens (primary N) is 1. The second kappa shape index (κ2) is 15.2. The third-order valence-electron chi connectivity index (χ3n) is 7.66. The Kier molecular flexibility index (Phi) is 11.7. The van der Waals surface area contributed by atoms with Crippen molar-refractivity contribution in [2.45, 2.75) is 69.9 Å². The summed E-state index contributed by atoms with van der Waals surface area (Å²) in [4.78, 5) is 51.4. The molecule has 2 aromatic carbocycles. The van der Waals surface area contributed by atoms with Gasteiger partial charge in [-0.3, -0.25) is 9.59 Å². The van der Waals surface area contributed by atoms with E-state index in [0.29, 0.717) is 19.3 Å². The number of hydrogen-bond acceptors (Lipinski definition) is 5. The molecular formula is C31H42N4O6. The van der Waals surface area contributed by atoms with Crippen LogP contribution in [0.25, 0.3) is 11.1 Å². The summed E-state index contributed by atoms with van der Waals surface area (Å²) in [6, 6.07) is 15.4. The highest BCUT2D eigenvalue weighted by Gasteiger charge is 2.36. The van der Waals surface area contributed by atoms with Gasteiger partial charge in [-0.05, 0) is 36.0 Å². The molecule has 41 heavy (non-hydrogen) atoms. The van der Waals surface area contributed by atoms with Gasteiger partial charge in [0.1, 0.15) is 6.04 Å². The summed E-state index contributed by atoms with van der Waals surface area (Å²) in [7, 11) is 0. The van der Waals surface area contributed by atoms with E-state index in [1.165, 1.54) is 4.90 Å². The monoisotopic (exact) mass is 566 g/mol. The van der Waals surface area contributed by atoms with Crippen molar-refractivity contribution >= 4 is 23.9 Å². The van der Waals surface area contributed by atoms with E-state index in [1.54, 1.807) is 0 Å². The van der Waals surface area contributed by atoms with E-state index < -0.39 is 35.5 Å². The molecule has 0 spiro atoms. The van der Waals surface area contributed by atoms with Crippen LogP contribution < -0.4 is 16.4 Å². The number of hydrogen-bond donors (Lipinski definition) is 5. The molecule has 0 aromatic heterocycles. The maximum atomic E-state index is 13.2. The zero-order valence-electron chi connectivity index (χ0n) is 23.7. The van der Waals surface area contributed by atoms with Crippen LogP contribution in [0.5, 0.6) is 0 Å². The normalized spacial score (nSPS) is 15.8. The maximum Gasteiger partial charge on any atom is 0.326 e. The van der Waals surface area contributed by atoms with Crippen LogP contribution in [-0.4, -0.2) is 70.2 Å². The summed E-state index contributed by atoms with van der Waals surface area (Å²) < 4.78 is 0. The molecule has 3 rings (SSSR count). The molecule has 0 saturated heterocycles. The molecule has 1 aliphatic rings. The van der Waals surface area contributed by atoms with E-state index in [9.17, 15) is 29.4 Å². The molecule has 0 heterocycles. The Morgan fingerprint density at radius 1 is 0.927 bits per heavy atom. The first kappa shape index (κ1) is 31.6. The van der Waals surface area contributed by atoms with Crippen LogP contribution in [0.15, 0.2) is 54.6 Å². The Bertz CT molecular complexity index is 1160. The largest absolute Gasteiger partial charge is 0.481 e. The summed E-state index contributed by atoms with van der Waals surface area (Å²) >= 11 is 0. The van der Waals surface area contributed by atoms with Gasteiger partial charge in [-0.1, -0.05) is 87.2 Å². The number of amides is 3. The van der Waals surface area contributed by atoms with Crippen molar-refractivity contribution in [2.75, 3.05) is 19.6 Å². The number of nitrogens with zero attached hydrogens (tertiary/aromatic N) is 1. The molecule has 10 heteroatoms. The Morgan fingerprint density at radius 2 is 1.56 bits per heavy atom. The number of unbranched alkanes of at least 4 members (excludes halogenated alkanes) is 1. The first-order chi connectivity index (χ1) is 19.6. The smallest absolute Gasteiger partial charge is 0.326 e. The molecule has 1 aliphatic carbocycles. The number of carbonyl (C=O) groups is 4. The van der Waals surface area contributed by atoms with Crippen molar-refractivity contribution in [3.8, 4) is 11.1 Å². The lowest BCUT2D eigenvalue weighted by Gasteiger charge is -2.32. The number of carboxylic acid groups (broad SMARTS) is 2. The standard InChI is InChI=1S/C31H42N4O6/c1-2-3-18-35(21-25(27(36)37)20-33-29(40)31(32)16-8-5-9-17-31)30(41)34-26(28(38)39)19-22-12-14-24(15-13-22)23-10-6-4-7-11-23/h4,6-7,10-15,25-26H,2-3,5,8-9,16-21,32H2,1H3,(H,33,40)(H,34,41)(H,36,37)(H,38,39)/t25-,26-/m0/s1. The fourth-order valence-electron chi connectivity index (χ4n) is 5.06. The molecule has 0 radical (unpaired) electrons. The van der Waals surface area contributed by atoms with Crippen molar-refractivity contribution < 1.29 is 29.4 Å². The Balaban J connectivity index is 1.65. The van der Waals surface area contributed by atoms with Gasteiger partial charge in [0.15, 0.2) is 0 Å². The highest BCUT2D eigenvalue weighted by Crippen LogP contribution is 2.26. The highest BCUT2D eigenvalue weighted by atomic mass is 16.4. The molecule has 10 nitrogen and oxygen atoms in total. The summed E-state index contributed by atoms with van der Waals surface area (Å²) in [6.45, 7) is 1.82. The minimum absolute atomic E-state index is 0.0642. The zero-order chi connectivity index (χ0) is 29.8. The number of nitrogens with one attached hydrogen (secondary N) is 2. The number of urea groups is 1. The van der Waals surface area contributed by atoms with Gasteiger partial charge in [-0.2, -0.15) is 0 Å². The van der Waals surface area contributed by atoms with E-state index >= 15 is 0 Å². The average molecular weight is 567 g/mol. The molecule has 1 fully saturated rings. The fourth-order valence-corrected chi connectivity index (χ4v) is 5.06. The lowest BCUT2D eigenvalue weighted by Crippen LogP contribution is -2.57. The Morgan fingerprint density at radius 3 is 2.15 bits per heavy atom. The van der Waals surface area contributed by atoms with Crippen molar-refractivity contribution in [2.24, 2.45) is 11.7 Å². The number of benzene rings is 2. The number of carboxylic acids is 2. The maximum absolute atomic E-state index is 13.2. The van der Waals surface area contributed by atoms with E-state index in [1.807, 2.05) is 61.5 Å². The quantitative estimate of drug-likeness (QED) is 0.233. The highest BCUT2D eigenvalue weighted by molar-refractivity contribution is 5.87. The summed E-state index contributed by atoms with van der Waals surface area (Å²) in [5, 5.41) is 25.0. The molecule has 222 valence electrons. The molecule has 0 bridgehead atoms. The SMILES string of the molecule is CCCCN(C[C@H](CNC(=O)C1(N)CCCCC1)C(=O)O)C(=O)N[C@@H](Cc1ccc(-c2ccccc2)cc1)C(=O)O. The molecule has 6 N–H and O–H groups in total. The van der Waals surface area contributed by atoms with Gasteiger partial charge < -0.3 is 31.5 Å². The van der Waals surface area contributed by atoms with Gasteiger partial charge in [0, 0.05) is 26.1 Å². The molecular weight excluding hydrogens is 524 g/mol. The van der Waals surface area contributed by atoms with Gasteiger partial charge in [0.25, 0.3) is 0 Å². The Labute approximate surface area is 241 Å². The van der Waals surface area contributed by atoms with Crippen molar-refractivity contribution in [1.29, 1.82) is 0 Å². The van der Waals surface area contributed by atoms with Gasteiger partial charge in [-0.25, -0.2) is 9.59 Å². The third-order valence-corrected chi connectivity index (χ3v) is 7.66. The summed E-state index contributed by atoms with van der Waals surface area (Å²) in [6.07, 6.45) is 5.23. The van der Waals surface area contributed by atoms with Gasteiger partial charge in [0.2, 0.25) is 5.91 Å². The fraction of sp³-hybridized carbons (Fsp3) is 0.484. The topological polar surface area (TPSA) is 162 Å². The number of rotatable bonds is 14. The van der Waals surface area contributed by atoms with Crippen molar-refractivity contribution in [3.05, 3.63) is 60.2 Å². The van der Waals surface area contributed by atoms with Crippen LogP contribution in [0.2, 0.25) is 0 Å². The van der Waals surface area contributed by atoms with Crippen LogP contribution in [0.3, 0.4) is 0 Å². The van der Waals surface area contributed by atoms with E-state index in [2.05, 4.69) is 10.6 Å². The van der Waals surface area contributed by atoms with Crippen LogP contribution in [0.4, 0.5) is 4.79 Å². The molecule has 3 amide bonds. The molecule has 0 unspecified atom stereocenters. The molecule has 2 atom stereocenters. The first-order valence-corrected chi connectivity index (χ1v) is 14.4. The second-order valence-corrected chi connectivity index (χ2v) is 10.9. The van der Waals surface area contributed by atoms with Crippen LogP contribution in [-0.2, 0) is 20.8 Å². The lowest BCUT2D eigenvalue weighted by molar-refractivity contribution is -0.142. The second-order valence-electron chi connectivity index (χ2n) is 10.9. The minimum atomic E-state index is -1.21. The van der Waals surface area contributed by atoms with Crippen molar-refractivity contribution in [1.82, 2.24) is 15.5 Å². The lowest BCUT2D eigenvalue weighted by atomic mass is 9.82. The minimum Gasteiger partial charge on any atom is -0.481 e. The third kappa shape index (κ3) is 9.31. The Hall–Kier alpha value is -3.92.